The first-order chi connectivity index (χ1) is 14.1. The third-order valence-electron chi connectivity index (χ3n) is 5.93. The van der Waals surface area contributed by atoms with Crippen molar-refractivity contribution in [1.29, 1.82) is 0 Å². The molecule has 1 aromatic rings. The van der Waals surface area contributed by atoms with Crippen LogP contribution in [0, 0.1) is 5.92 Å². The van der Waals surface area contributed by atoms with Crippen molar-refractivity contribution in [2.45, 2.75) is 51.7 Å². The number of alkyl halides is 2. The number of nitrogens with one attached hydrogen (secondary N) is 1. The van der Waals surface area contributed by atoms with Crippen molar-refractivity contribution < 1.29 is 18.3 Å². The smallest absolute Gasteiger partial charge is 0.387 e. The third kappa shape index (κ3) is 7.90. The maximum atomic E-state index is 12.3. The van der Waals surface area contributed by atoms with Crippen molar-refractivity contribution >= 4 is 5.91 Å². The van der Waals surface area contributed by atoms with Crippen molar-refractivity contribution in [3.05, 3.63) is 29.8 Å². The fourth-order valence-corrected chi connectivity index (χ4v) is 4.35. The highest BCUT2D eigenvalue weighted by Gasteiger charge is 2.21. The predicted octanol–water partition coefficient (Wildman–Crippen LogP) is 3.49. The molecule has 7 heteroatoms. The van der Waals surface area contributed by atoms with E-state index in [0.717, 1.165) is 44.1 Å². The summed E-state index contributed by atoms with van der Waals surface area (Å²) < 4.78 is 28.7. The number of ether oxygens (including phenoxy) is 1. The highest BCUT2D eigenvalue weighted by atomic mass is 19.3. The predicted molar refractivity (Wildman–Crippen MR) is 109 cm³/mol. The van der Waals surface area contributed by atoms with E-state index in [-0.39, 0.29) is 11.7 Å². The summed E-state index contributed by atoms with van der Waals surface area (Å²) in [6, 6.07) is 6.35. The number of benzene rings is 1. The fourth-order valence-electron chi connectivity index (χ4n) is 4.35. The molecule has 1 saturated carbocycles. The Morgan fingerprint density at radius 1 is 1.00 bits per heavy atom. The van der Waals surface area contributed by atoms with E-state index >= 15 is 0 Å². The van der Waals surface area contributed by atoms with E-state index in [2.05, 4.69) is 19.9 Å². The number of carbonyl (C=O) groups excluding carboxylic acids is 1. The number of rotatable bonds is 8. The lowest BCUT2D eigenvalue weighted by Crippen LogP contribution is -2.39. The van der Waals surface area contributed by atoms with Gasteiger partial charge in [0, 0.05) is 26.2 Å². The van der Waals surface area contributed by atoms with Crippen LogP contribution in [0.5, 0.6) is 5.75 Å². The summed E-state index contributed by atoms with van der Waals surface area (Å²) in [5, 5.41) is 2.92. The molecule has 0 bridgehead atoms. The van der Waals surface area contributed by atoms with Gasteiger partial charge in [-0.05, 0) is 56.0 Å². The van der Waals surface area contributed by atoms with Gasteiger partial charge in [-0.2, -0.15) is 8.78 Å². The second-order valence-electron chi connectivity index (χ2n) is 8.23. The highest BCUT2D eigenvalue weighted by Crippen LogP contribution is 2.24. The second-order valence-corrected chi connectivity index (χ2v) is 8.23. The van der Waals surface area contributed by atoms with E-state index in [1.165, 1.54) is 50.8 Å². The van der Waals surface area contributed by atoms with Crippen molar-refractivity contribution in [3.8, 4) is 5.75 Å². The van der Waals surface area contributed by atoms with Crippen LogP contribution in [-0.4, -0.2) is 61.6 Å². The van der Waals surface area contributed by atoms with Crippen LogP contribution < -0.4 is 10.1 Å². The molecule has 1 amide bonds. The Balaban J connectivity index is 1.35. The molecule has 162 valence electrons. The monoisotopic (exact) mass is 409 g/mol. The summed E-state index contributed by atoms with van der Waals surface area (Å²) >= 11 is 0. The van der Waals surface area contributed by atoms with Crippen molar-refractivity contribution in [2.24, 2.45) is 5.92 Å². The molecule has 0 unspecified atom stereocenters. The van der Waals surface area contributed by atoms with Gasteiger partial charge in [0.05, 0.1) is 6.54 Å². The standard InChI is InChI=1S/C22H33F2N3O2/c23-22(24)29-20-9-7-18(8-10-20)15-25-21(28)17-27-12-4-11-26(13-14-27)16-19-5-2-1-3-6-19/h7-10,19,22H,1-6,11-17H2,(H,25,28). The summed E-state index contributed by atoms with van der Waals surface area (Å²) in [6.45, 7) is 3.23. The molecule has 1 heterocycles. The van der Waals surface area contributed by atoms with Crippen LogP contribution in [0.15, 0.2) is 24.3 Å². The minimum Gasteiger partial charge on any atom is -0.435 e. The van der Waals surface area contributed by atoms with E-state index in [0.29, 0.717) is 13.1 Å². The van der Waals surface area contributed by atoms with Gasteiger partial charge in [-0.25, -0.2) is 0 Å². The van der Waals surface area contributed by atoms with Crippen LogP contribution in [0.25, 0.3) is 0 Å². The van der Waals surface area contributed by atoms with Gasteiger partial charge in [-0.15, -0.1) is 0 Å². The lowest BCUT2D eigenvalue weighted by Gasteiger charge is -2.28. The summed E-state index contributed by atoms with van der Waals surface area (Å²) in [5.74, 6) is 0.979. The van der Waals surface area contributed by atoms with E-state index < -0.39 is 6.61 Å². The molecule has 2 fully saturated rings. The van der Waals surface area contributed by atoms with Crippen molar-refractivity contribution in [3.63, 3.8) is 0 Å². The minimum atomic E-state index is -2.83. The molecular formula is C22H33F2N3O2. The minimum absolute atomic E-state index is 0.00126. The first-order valence-corrected chi connectivity index (χ1v) is 10.8. The molecule has 5 nitrogen and oxygen atoms in total. The average molecular weight is 410 g/mol. The van der Waals surface area contributed by atoms with Gasteiger partial charge in [0.2, 0.25) is 5.91 Å². The fraction of sp³-hybridized carbons (Fsp3) is 0.682. The Morgan fingerprint density at radius 2 is 1.69 bits per heavy atom. The molecule has 1 aromatic carbocycles. The zero-order chi connectivity index (χ0) is 20.5. The second kappa shape index (κ2) is 11.5. The molecule has 0 radical (unpaired) electrons. The Labute approximate surface area is 172 Å². The number of hydrogen-bond acceptors (Lipinski definition) is 4. The topological polar surface area (TPSA) is 44.8 Å². The van der Waals surface area contributed by atoms with Gasteiger partial charge in [0.25, 0.3) is 0 Å². The van der Waals surface area contributed by atoms with Gasteiger partial charge in [-0.3, -0.25) is 9.69 Å². The highest BCUT2D eigenvalue weighted by molar-refractivity contribution is 5.78. The number of halogens is 2. The SMILES string of the molecule is O=C(CN1CCCN(CC2CCCCC2)CC1)NCc1ccc(OC(F)F)cc1. The molecule has 0 atom stereocenters. The van der Waals surface area contributed by atoms with Crippen LogP contribution >= 0.6 is 0 Å². The number of carbonyl (C=O) groups is 1. The number of amides is 1. The maximum absolute atomic E-state index is 12.3. The Hall–Kier alpha value is -1.73. The summed E-state index contributed by atoms with van der Waals surface area (Å²) in [5.41, 5.74) is 0.856. The molecule has 1 N–H and O–H groups in total. The van der Waals surface area contributed by atoms with Crippen LogP contribution in [0.3, 0.4) is 0 Å². The van der Waals surface area contributed by atoms with Crippen molar-refractivity contribution in [1.82, 2.24) is 15.1 Å². The third-order valence-corrected chi connectivity index (χ3v) is 5.93. The first kappa shape index (κ1) is 22.0. The summed E-state index contributed by atoms with van der Waals surface area (Å²) in [4.78, 5) is 17.1. The zero-order valence-electron chi connectivity index (χ0n) is 17.1. The van der Waals surface area contributed by atoms with Gasteiger partial charge >= 0.3 is 6.61 Å². The Kier molecular flexibility index (Phi) is 8.68. The maximum Gasteiger partial charge on any atom is 0.387 e. The molecule has 1 saturated heterocycles. The van der Waals surface area contributed by atoms with Crippen LogP contribution in [-0.2, 0) is 11.3 Å². The van der Waals surface area contributed by atoms with Crippen LogP contribution in [0.1, 0.15) is 44.1 Å². The number of hydrogen-bond donors (Lipinski definition) is 1. The zero-order valence-corrected chi connectivity index (χ0v) is 17.1. The largest absolute Gasteiger partial charge is 0.435 e. The normalized spacial score (nSPS) is 19.8. The molecule has 0 aromatic heterocycles. The quantitative estimate of drug-likeness (QED) is 0.714. The van der Waals surface area contributed by atoms with Gasteiger partial charge in [0.15, 0.2) is 0 Å². The molecule has 2 aliphatic rings. The molecule has 1 aliphatic heterocycles. The Bertz CT molecular complexity index is 621. The summed E-state index contributed by atoms with van der Waals surface area (Å²) in [6.07, 6.45) is 8.01. The van der Waals surface area contributed by atoms with E-state index in [1.807, 2.05) is 0 Å². The van der Waals surface area contributed by atoms with Gasteiger partial charge in [-0.1, -0.05) is 31.4 Å². The molecule has 0 spiro atoms. The molecule has 3 rings (SSSR count). The van der Waals surface area contributed by atoms with Gasteiger partial charge in [0.1, 0.15) is 5.75 Å². The van der Waals surface area contributed by atoms with Crippen LogP contribution in [0.2, 0.25) is 0 Å². The van der Waals surface area contributed by atoms with Gasteiger partial charge < -0.3 is 15.0 Å². The van der Waals surface area contributed by atoms with Crippen molar-refractivity contribution in [2.75, 3.05) is 39.3 Å². The Morgan fingerprint density at radius 3 is 2.41 bits per heavy atom. The molecule has 29 heavy (non-hydrogen) atoms. The van der Waals surface area contributed by atoms with E-state index in [9.17, 15) is 13.6 Å². The number of nitrogens with zero attached hydrogens (tertiary/aromatic N) is 2. The summed E-state index contributed by atoms with van der Waals surface area (Å²) in [7, 11) is 0. The first-order valence-electron chi connectivity index (χ1n) is 10.8. The van der Waals surface area contributed by atoms with E-state index in [1.54, 1.807) is 12.1 Å². The molecule has 1 aliphatic carbocycles. The lowest BCUT2D eigenvalue weighted by atomic mass is 9.89. The van der Waals surface area contributed by atoms with E-state index in [4.69, 9.17) is 0 Å². The van der Waals surface area contributed by atoms with Crippen LogP contribution in [0.4, 0.5) is 8.78 Å². The molecular weight excluding hydrogens is 376 g/mol. The average Bonchev–Trinajstić information content (AvgIpc) is 2.93. The lowest BCUT2D eigenvalue weighted by molar-refractivity contribution is -0.122.